The first-order chi connectivity index (χ1) is 21.7. The van der Waals surface area contributed by atoms with Crippen molar-refractivity contribution >= 4 is 46.7 Å². The van der Waals surface area contributed by atoms with Gasteiger partial charge in [-0.2, -0.15) is 0 Å². The molecule has 0 spiro atoms. The molecule has 4 aromatic carbocycles. The van der Waals surface area contributed by atoms with Crippen molar-refractivity contribution in [3.05, 3.63) is 123 Å². The molecule has 224 valence electrons. The summed E-state index contributed by atoms with van der Waals surface area (Å²) in [5.74, 6) is -2.74. The number of hydrogen-bond donors (Lipinski definition) is 0. The molecular formula is C37H29ClN2O5. The summed E-state index contributed by atoms with van der Waals surface area (Å²) >= 11 is 6.26. The maximum absolute atomic E-state index is 14.1. The van der Waals surface area contributed by atoms with Crippen molar-refractivity contribution in [1.82, 2.24) is 0 Å². The molecule has 3 aliphatic carbocycles. The second-order valence-electron chi connectivity index (χ2n) is 12.5. The summed E-state index contributed by atoms with van der Waals surface area (Å²) in [6.45, 7) is 3.88. The highest BCUT2D eigenvalue weighted by atomic mass is 35.5. The van der Waals surface area contributed by atoms with E-state index in [4.69, 9.17) is 16.3 Å². The molecule has 5 aliphatic rings. The summed E-state index contributed by atoms with van der Waals surface area (Å²) in [5.41, 5.74) is 7.17. The van der Waals surface area contributed by atoms with Crippen LogP contribution in [0.5, 0.6) is 5.75 Å². The van der Waals surface area contributed by atoms with Crippen LogP contribution >= 0.6 is 11.6 Å². The molecule has 0 unspecified atom stereocenters. The van der Waals surface area contributed by atoms with Gasteiger partial charge < -0.3 is 9.64 Å². The number of ether oxygens (including phenoxy) is 1. The number of carbonyl (C=O) groups excluding carboxylic acids is 4. The van der Waals surface area contributed by atoms with Gasteiger partial charge in [0, 0.05) is 35.5 Å². The number of esters is 1. The van der Waals surface area contributed by atoms with Crippen molar-refractivity contribution in [1.29, 1.82) is 0 Å². The zero-order chi connectivity index (χ0) is 31.1. The van der Waals surface area contributed by atoms with Gasteiger partial charge in [0.2, 0.25) is 17.7 Å². The minimum absolute atomic E-state index is 0.0358. The summed E-state index contributed by atoms with van der Waals surface area (Å²) in [7, 11) is 0. The van der Waals surface area contributed by atoms with Crippen LogP contribution in [0, 0.1) is 31.6 Å². The van der Waals surface area contributed by atoms with Crippen LogP contribution in [0.1, 0.15) is 51.6 Å². The molecule has 0 aromatic heterocycles. The molecule has 2 saturated heterocycles. The number of aryl methyl sites for hydroxylation is 2. The zero-order valence-electron chi connectivity index (χ0n) is 24.7. The normalized spacial score (nSPS) is 24.5. The standard InChI is InChI=1S/C37H29ClN2O5/c1-19-11-12-22(17-28(19)38)39-18-21(16-30(39)41)37(44)45-23-13-14-29(20(2)15-23)40-35(42)33-31-24-7-3-4-8-25(24)32(34(33)36(40)43)27-10-6-5-9-26(27)31/h3-15,17,21,31-34H,16,18H2,1-2H3/t21-,31?,32?,33-,34-/m1/s1. The van der Waals surface area contributed by atoms with Gasteiger partial charge in [0.1, 0.15) is 5.75 Å². The molecule has 0 N–H and O–H groups in total. The first kappa shape index (κ1) is 27.8. The zero-order valence-corrected chi connectivity index (χ0v) is 25.5. The highest BCUT2D eigenvalue weighted by molar-refractivity contribution is 6.31. The number of nitrogens with zero attached hydrogens (tertiary/aromatic N) is 2. The summed E-state index contributed by atoms with van der Waals surface area (Å²) < 4.78 is 5.72. The van der Waals surface area contributed by atoms with Gasteiger partial charge in [-0.3, -0.25) is 19.2 Å². The molecule has 2 heterocycles. The van der Waals surface area contributed by atoms with E-state index >= 15 is 0 Å². The third kappa shape index (κ3) is 4.10. The molecule has 0 saturated carbocycles. The Hall–Kier alpha value is -4.75. The molecule has 4 aromatic rings. The van der Waals surface area contributed by atoms with Crippen molar-refractivity contribution in [2.24, 2.45) is 17.8 Å². The molecule has 2 fully saturated rings. The first-order valence-corrected chi connectivity index (χ1v) is 15.5. The Labute approximate surface area is 265 Å². The van der Waals surface area contributed by atoms with Crippen LogP contribution in [-0.2, 0) is 19.2 Å². The van der Waals surface area contributed by atoms with Gasteiger partial charge in [-0.05, 0) is 77.6 Å². The minimum atomic E-state index is -0.638. The number of carbonyl (C=O) groups is 4. The molecule has 3 amide bonds. The van der Waals surface area contributed by atoms with Gasteiger partial charge in [-0.1, -0.05) is 66.2 Å². The van der Waals surface area contributed by atoms with Crippen molar-refractivity contribution in [3.63, 3.8) is 0 Å². The summed E-state index contributed by atoms with van der Waals surface area (Å²) in [6, 6.07) is 26.7. The van der Waals surface area contributed by atoms with Crippen LogP contribution in [0.4, 0.5) is 11.4 Å². The summed E-state index contributed by atoms with van der Waals surface area (Å²) in [5, 5.41) is 0.554. The van der Waals surface area contributed by atoms with Crippen LogP contribution in [0.25, 0.3) is 0 Å². The van der Waals surface area contributed by atoms with Gasteiger partial charge >= 0.3 is 5.97 Å². The quantitative estimate of drug-likeness (QED) is 0.152. The lowest BCUT2D eigenvalue weighted by Crippen LogP contribution is -2.41. The highest BCUT2D eigenvalue weighted by Crippen LogP contribution is 2.61. The van der Waals surface area contributed by atoms with Gasteiger partial charge in [0.15, 0.2) is 0 Å². The molecular weight excluding hydrogens is 588 g/mol. The average molecular weight is 617 g/mol. The Morgan fingerprint density at radius 1 is 0.756 bits per heavy atom. The molecule has 8 heteroatoms. The molecule has 3 atom stereocenters. The number of hydrogen-bond acceptors (Lipinski definition) is 5. The Bertz CT molecular complexity index is 1850. The Morgan fingerprint density at radius 2 is 1.33 bits per heavy atom. The lowest BCUT2D eigenvalue weighted by Gasteiger charge is -2.45. The van der Waals surface area contributed by atoms with E-state index in [9.17, 15) is 19.2 Å². The largest absolute Gasteiger partial charge is 0.426 e. The number of rotatable bonds is 4. The Morgan fingerprint density at radius 3 is 1.87 bits per heavy atom. The number of benzene rings is 4. The molecule has 0 radical (unpaired) electrons. The molecule has 2 bridgehead atoms. The molecule has 2 aliphatic heterocycles. The Kier molecular flexibility index (Phi) is 6.26. The molecule has 45 heavy (non-hydrogen) atoms. The van der Waals surface area contributed by atoms with E-state index < -0.39 is 23.7 Å². The molecule has 7 nitrogen and oxygen atoms in total. The van der Waals surface area contributed by atoms with E-state index in [1.54, 1.807) is 36.1 Å². The fraction of sp³-hybridized carbons (Fsp3) is 0.243. The van der Waals surface area contributed by atoms with Crippen LogP contribution in [-0.4, -0.2) is 30.2 Å². The fourth-order valence-corrected chi connectivity index (χ4v) is 8.10. The van der Waals surface area contributed by atoms with Crippen LogP contribution in [0.2, 0.25) is 5.02 Å². The maximum Gasteiger partial charge on any atom is 0.316 e. The third-order valence-corrected chi connectivity index (χ3v) is 10.4. The van der Waals surface area contributed by atoms with E-state index in [1.165, 1.54) is 4.90 Å². The van der Waals surface area contributed by atoms with Gasteiger partial charge in [-0.25, -0.2) is 4.90 Å². The van der Waals surface area contributed by atoms with Gasteiger partial charge in [0.05, 0.1) is 23.4 Å². The predicted molar refractivity (Wildman–Crippen MR) is 170 cm³/mol. The van der Waals surface area contributed by atoms with E-state index in [0.717, 1.165) is 27.8 Å². The predicted octanol–water partition coefficient (Wildman–Crippen LogP) is 6.31. The van der Waals surface area contributed by atoms with Gasteiger partial charge in [-0.15, -0.1) is 0 Å². The van der Waals surface area contributed by atoms with Crippen LogP contribution in [0.15, 0.2) is 84.9 Å². The van der Waals surface area contributed by atoms with Crippen LogP contribution < -0.4 is 14.5 Å². The number of anilines is 2. The third-order valence-electron chi connectivity index (χ3n) is 10.0. The van der Waals surface area contributed by atoms with E-state index in [2.05, 4.69) is 24.3 Å². The Balaban J connectivity index is 1.04. The smallest absolute Gasteiger partial charge is 0.316 e. The van der Waals surface area contributed by atoms with E-state index in [1.807, 2.05) is 43.3 Å². The topological polar surface area (TPSA) is 84.0 Å². The first-order valence-electron chi connectivity index (χ1n) is 15.2. The van der Waals surface area contributed by atoms with Crippen molar-refractivity contribution in [2.75, 3.05) is 16.3 Å². The monoisotopic (exact) mass is 616 g/mol. The van der Waals surface area contributed by atoms with E-state index in [0.29, 0.717) is 27.7 Å². The lowest BCUT2D eigenvalue weighted by molar-refractivity contribution is -0.139. The minimum Gasteiger partial charge on any atom is -0.426 e. The summed E-state index contributed by atoms with van der Waals surface area (Å²) in [4.78, 5) is 57.1. The van der Waals surface area contributed by atoms with E-state index in [-0.39, 0.29) is 42.5 Å². The fourth-order valence-electron chi connectivity index (χ4n) is 7.92. The summed E-state index contributed by atoms with van der Waals surface area (Å²) in [6.07, 6.45) is 0.0358. The average Bonchev–Trinajstić information content (AvgIpc) is 3.56. The van der Waals surface area contributed by atoms with Crippen LogP contribution in [0.3, 0.4) is 0 Å². The van der Waals surface area contributed by atoms with Crippen molar-refractivity contribution in [2.45, 2.75) is 32.1 Å². The number of halogens is 1. The second kappa shape index (κ2) is 10.1. The van der Waals surface area contributed by atoms with Crippen molar-refractivity contribution in [3.8, 4) is 5.75 Å². The SMILES string of the molecule is Cc1ccc(N2C[C@H](C(=O)Oc3ccc(N4C(=O)[C@@H]5C6c7ccccc7C(c7ccccc76)[C@H]5C4=O)c(C)c3)CC2=O)cc1Cl. The maximum atomic E-state index is 14.1. The number of amides is 3. The highest BCUT2D eigenvalue weighted by Gasteiger charge is 2.61. The van der Waals surface area contributed by atoms with Crippen molar-refractivity contribution < 1.29 is 23.9 Å². The molecule has 9 rings (SSSR count). The number of imide groups is 1. The van der Waals surface area contributed by atoms with Gasteiger partial charge in [0.25, 0.3) is 0 Å². The lowest BCUT2D eigenvalue weighted by atomic mass is 9.55. The second-order valence-corrected chi connectivity index (χ2v) is 12.9.